The van der Waals surface area contributed by atoms with Gasteiger partial charge < -0.3 is 14.3 Å². The van der Waals surface area contributed by atoms with E-state index in [1.165, 1.54) is 48.8 Å². The second-order valence-corrected chi connectivity index (χ2v) is 16.4. The largest absolute Gasteiger partial charge is 0.456 e. The number of para-hydroxylation sites is 2. The summed E-state index contributed by atoms with van der Waals surface area (Å²) in [6.07, 6.45) is 12.8. The van der Waals surface area contributed by atoms with Crippen LogP contribution in [0.5, 0.6) is 0 Å². The number of thioether (sulfide) groups is 1. The number of amidine groups is 2. The van der Waals surface area contributed by atoms with Crippen LogP contribution in [0.15, 0.2) is 201 Å². The molecular weight excluding hydrogens is 717 g/mol. The van der Waals surface area contributed by atoms with Crippen LogP contribution in [0, 0.1) is 11.8 Å². The highest BCUT2D eigenvalue weighted by Crippen LogP contribution is 2.53. The highest BCUT2D eigenvalue weighted by atomic mass is 32.2. The molecule has 4 aliphatic rings. The fourth-order valence-corrected chi connectivity index (χ4v) is 10.7. The molecule has 4 atom stereocenters. The predicted molar refractivity (Wildman–Crippen MR) is 237 cm³/mol. The number of aliphatic imine (C=N–C) groups is 2. The van der Waals surface area contributed by atoms with Gasteiger partial charge in [0.25, 0.3) is 0 Å². The molecule has 57 heavy (non-hydrogen) atoms. The van der Waals surface area contributed by atoms with E-state index in [9.17, 15) is 0 Å². The standard InChI is InChI=1S/C51H36N4OS/c1-3-12-31(13-4-1)49-52-50(32-14-5-2-6-15-32)54-51(53-49)34-23-27-46-41(28-34)39-25-22-33(29-47(39)57-46)36-18-11-21-44-48(36)40-26-24-35(30-45(40)56-44)55-42-19-9-7-16-37(42)38-17-8-10-20-43(38)55/h1-22,24-30,34,39,47,49H,23H2,(H,52,53,54). The SMILES string of the molecule is C1=CC2C3=CC(C4=NC(c5ccccc5)NC(c5ccccc5)=N4)CC=C3SC2C=C1c1cccc2oc3cc(-n4c5ccccc5c5ccccc54)ccc3c12. The van der Waals surface area contributed by atoms with Gasteiger partial charge in [-0.2, -0.15) is 0 Å². The Kier molecular flexibility index (Phi) is 7.42. The quantitative estimate of drug-likeness (QED) is 0.190. The van der Waals surface area contributed by atoms with Crippen molar-refractivity contribution in [1.29, 1.82) is 0 Å². The molecule has 0 amide bonds. The van der Waals surface area contributed by atoms with Gasteiger partial charge in [-0.3, -0.25) is 0 Å². The van der Waals surface area contributed by atoms with Crippen LogP contribution in [0.2, 0.25) is 0 Å². The van der Waals surface area contributed by atoms with Crippen molar-refractivity contribution >= 4 is 72.8 Å². The molecule has 2 aromatic heterocycles. The minimum Gasteiger partial charge on any atom is -0.456 e. The molecule has 272 valence electrons. The van der Waals surface area contributed by atoms with E-state index < -0.39 is 0 Å². The molecule has 1 fully saturated rings. The lowest BCUT2D eigenvalue weighted by Crippen LogP contribution is -2.35. The zero-order valence-electron chi connectivity index (χ0n) is 30.9. The third kappa shape index (κ3) is 5.32. The first-order valence-electron chi connectivity index (χ1n) is 19.7. The number of nitrogens with zero attached hydrogens (tertiary/aromatic N) is 3. The lowest BCUT2D eigenvalue weighted by molar-refractivity contribution is 0.656. The van der Waals surface area contributed by atoms with Crippen molar-refractivity contribution in [2.24, 2.45) is 21.8 Å². The van der Waals surface area contributed by atoms with Gasteiger partial charge in [0.2, 0.25) is 0 Å². The maximum absolute atomic E-state index is 6.64. The molecule has 6 aromatic carbocycles. The molecule has 4 unspecified atom stereocenters. The Bertz CT molecular complexity index is 3070. The van der Waals surface area contributed by atoms with Crippen molar-refractivity contribution in [1.82, 2.24) is 9.88 Å². The first kappa shape index (κ1) is 32.6. The van der Waals surface area contributed by atoms with Gasteiger partial charge >= 0.3 is 0 Å². The molecule has 8 aromatic rings. The van der Waals surface area contributed by atoms with Crippen LogP contribution in [-0.4, -0.2) is 21.5 Å². The number of benzene rings is 6. The topological polar surface area (TPSA) is 54.8 Å². The van der Waals surface area contributed by atoms with Gasteiger partial charge in [-0.15, -0.1) is 11.8 Å². The molecule has 0 bridgehead atoms. The minimum absolute atomic E-state index is 0.104. The first-order valence-corrected chi connectivity index (χ1v) is 20.6. The fraction of sp³-hybridized carbons (Fsp3) is 0.0980. The molecule has 0 spiro atoms. The highest BCUT2D eigenvalue weighted by Gasteiger charge is 2.38. The van der Waals surface area contributed by atoms with Crippen LogP contribution >= 0.6 is 11.8 Å². The summed E-state index contributed by atoms with van der Waals surface area (Å²) < 4.78 is 8.99. The van der Waals surface area contributed by atoms with E-state index in [0.717, 1.165) is 51.5 Å². The van der Waals surface area contributed by atoms with Crippen LogP contribution in [-0.2, 0) is 0 Å². The first-order chi connectivity index (χ1) is 28.2. The van der Waals surface area contributed by atoms with Crippen LogP contribution in [0.1, 0.15) is 29.3 Å². The number of hydrogen-bond acceptors (Lipinski definition) is 5. The van der Waals surface area contributed by atoms with Crippen LogP contribution in [0.25, 0.3) is 55.0 Å². The highest BCUT2D eigenvalue weighted by molar-refractivity contribution is 8.04. The molecule has 2 aliphatic heterocycles. The van der Waals surface area contributed by atoms with E-state index in [-0.39, 0.29) is 12.1 Å². The second kappa shape index (κ2) is 13.0. The van der Waals surface area contributed by atoms with E-state index in [2.05, 4.69) is 174 Å². The third-order valence-corrected chi connectivity index (χ3v) is 13.3. The van der Waals surface area contributed by atoms with Crippen molar-refractivity contribution in [2.75, 3.05) is 0 Å². The Hall–Kier alpha value is -6.63. The Labute approximate surface area is 334 Å². The smallest absolute Gasteiger partial charge is 0.147 e. The summed E-state index contributed by atoms with van der Waals surface area (Å²) >= 11 is 1.98. The molecule has 4 heterocycles. The van der Waals surface area contributed by atoms with Gasteiger partial charge in [-0.05, 0) is 59.0 Å². The number of hydrogen-bond donors (Lipinski definition) is 1. The number of nitrogens with one attached hydrogen (secondary N) is 1. The van der Waals surface area contributed by atoms with Crippen molar-refractivity contribution < 1.29 is 4.42 Å². The van der Waals surface area contributed by atoms with Crippen LogP contribution < -0.4 is 5.32 Å². The summed E-state index contributed by atoms with van der Waals surface area (Å²) in [5.74, 6) is 2.16. The monoisotopic (exact) mass is 752 g/mol. The number of fused-ring (bicyclic) bond motifs is 9. The van der Waals surface area contributed by atoms with Gasteiger partial charge in [-0.1, -0.05) is 140 Å². The molecule has 0 radical (unpaired) electrons. The number of allylic oxidation sites excluding steroid dienone is 5. The predicted octanol–water partition coefficient (Wildman–Crippen LogP) is 12.3. The molecule has 2 aliphatic carbocycles. The summed E-state index contributed by atoms with van der Waals surface area (Å²) in [7, 11) is 0. The molecule has 12 rings (SSSR count). The number of aromatic nitrogens is 1. The van der Waals surface area contributed by atoms with Crippen molar-refractivity contribution in [3.63, 3.8) is 0 Å². The molecule has 0 saturated carbocycles. The second-order valence-electron chi connectivity index (χ2n) is 15.2. The van der Waals surface area contributed by atoms with Gasteiger partial charge in [0.15, 0.2) is 0 Å². The Balaban J connectivity index is 0.879. The minimum atomic E-state index is -0.189. The Morgan fingerprint density at radius 1 is 0.702 bits per heavy atom. The summed E-state index contributed by atoms with van der Waals surface area (Å²) in [6, 6.07) is 51.3. The van der Waals surface area contributed by atoms with Crippen molar-refractivity contribution in [3.8, 4) is 5.69 Å². The molecule has 1 N–H and O–H groups in total. The Morgan fingerprint density at radius 2 is 1.46 bits per heavy atom. The summed E-state index contributed by atoms with van der Waals surface area (Å²) in [5.41, 5.74) is 11.3. The average molecular weight is 753 g/mol. The zero-order valence-corrected chi connectivity index (χ0v) is 31.7. The molecular formula is C51H36N4OS. The number of rotatable bonds is 5. The molecule has 5 nitrogen and oxygen atoms in total. The van der Waals surface area contributed by atoms with Gasteiger partial charge in [-0.25, -0.2) is 9.98 Å². The number of furan rings is 1. The molecule has 6 heteroatoms. The summed E-state index contributed by atoms with van der Waals surface area (Å²) in [6.45, 7) is 0. The maximum Gasteiger partial charge on any atom is 0.147 e. The lowest BCUT2D eigenvalue weighted by atomic mass is 9.83. The van der Waals surface area contributed by atoms with Crippen LogP contribution in [0.4, 0.5) is 0 Å². The van der Waals surface area contributed by atoms with Gasteiger partial charge in [0.1, 0.15) is 29.0 Å². The maximum atomic E-state index is 6.64. The average Bonchev–Trinajstić information content (AvgIpc) is 3.95. The summed E-state index contributed by atoms with van der Waals surface area (Å²) in [5, 5.41) is 8.72. The summed E-state index contributed by atoms with van der Waals surface area (Å²) in [4.78, 5) is 11.7. The normalized spacial score (nSPS) is 21.4. The van der Waals surface area contributed by atoms with E-state index in [4.69, 9.17) is 14.4 Å². The van der Waals surface area contributed by atoms with Crippen molar-refractivity contribution in [2.45, 2.75) is 17.8 Å². The van der Waals surface area contributed by atoms with Gasteiger partial charge in [0, 0.05) is 60.9 Å². The zero-order chi connectivity index (χ0) is 37.5. The van der Waals surface area contributed by atoms with E-state index in [0.29, 0.717) is 11.2 Å². The van der Waals surface area contributed by atoms with Gasteiger partial charge in [0.05, 0.1) is 11.0 Å². The molecule has 1 saturated heterocycles. The van der Waals surface area contributed by atoms with E-state index in [1.807, 2.05) is 23.9 Å². The van der Waals surface area contributed by atoms with Crippen LogP contribution in [0.3, 0.4) is 0 Å². The van der Waals surface area contributed by atoms with E-state index in [1.54, 1.807) is 0 Å². The van der Waals surface area contributed by atoms with Crippen molar-refractivity contribution in [3.05, 3.63) is 203 Å². The van der Waals surface area contributed by atoms with E-state index >= 15 is 0 Å². The lowest BCUT2D eigenvalue weighted by Gasteiger charge is -2.27. The Morgan fingerprint density at radius 3 is 2.26 bits per heavy atom. The third-order valence-electron chi connectivity index (χ3n) is 11.9. The fourth-order valence-electron chi connectivity index (χ4n) is 9.24.